The van der Waals surface area contributed by atoms with Crippen molar-refractivity contribution in [1.29, 1.82) is 0 Å². The van der Waals surface area contributed by atoms with E-state index in [9.17, 15) is 9.90 Å². The van der Waals surface area contributed by atoms with E-state index in [4.69, 9.17) is 5.11 Å². The first-order valence-corrected chi connectivity index (χ1v) is 18.2. The third kappa shape index (κ3) is 16.5. The van der Waals surface area contributed by atoms with Crippen LogP contribution in [0.25, 0.3) is 12.2 Å². The van der Waals surface area contributed by atoms with E-state index in [1.54, 1.807) is 12.1 Å². The number of benzene rings is 4. The summed E-state index contributed by atoms with van der Waals surface area (Å²) in [5.41, 5.74) is 6.20. The minimum Gasteiger partial charge on any atom is -0.508 e. The first kappa shape index (κ1) is 42.3. The number of nitrogens with one attached hydrogen (secondary N) is 1. The van der Waals surface area contributed by atoms with Crippen molar-refractivity contribution in [2.75, 3.05) is 26.5 Å². The highest BCUT2D eigenvalue weighted by atomic mass is 31.1. The zero-order chi connectivity index (χ0) is 34.7. The summed E-state index contributed by atoms with van der Waals surface area (Å²) >= 11 is 0. The van der Waals surface area contributed by atoms with Crippen molar-refractivity contribution < 1.29 is 15.0 Å². The highest BCUT2D eigenvalue weighted by Gasteiger charge is 2.10. The normalized spacial score (nSPS) is 9.67. The Morgan fingerprint density at radius 3 is 1.65 bits per heavy atom. The summed E-state index contributed by atoms with van der Waals surface area (Å²) in [5, 5.41) is 20.2. The van der Waals surface area contributed by atoms with Crippen molar-refractivity contribution in [2.24, 2.45) is 0 Å². The highest BCUT2D eigenvalue weighted by Crippen LogP contribution is 2.22. The summed E-state index contributed by atoms with van der Waals surface area (Å²) < 4.78 is 0. The molecule has 0 aliphatic rings. The predicted octanol–water partition coefficient (Wildman–Crippen LogP) is 8.21. The summed E-state index contributed by atoms with van der Waals surface area (Å²) in [5.74, 6) is 0.144. The number of aromatic hydroxyl groups is 1. The van der Waals surface area contributed by atoms with Crippen molar-refractivity contribution >= 4 is 26.6 Å². The van der Waals surface area contributed by atoms with Crippen LogP contribution in [0.5, 0.6) is 5.75 Å². The Labute approximate surface area is 281 Å². The Morgan fingerprint density at radius 1 is 0.739 bits per heavy atom. The van der Waals surface area contributed by atoms with Gasteiger partial charge in [0.05, 0.1) is 0 Å². The summed E-state index contributed by atoms with van der Waals surface area (Å²) in [6.07, 6.45) is 6.12. The van der Waals surface area contributed by atoms with Gasteiger partial charge >= 0.3 is 0 Å². The fourth-order valence-electron chi connectivity index (χ4n) is 4.01. The summed E-state index contributed by atoms with van der Waals surface area (Å²) in [6.45, 7) is 19.4. The van der Waals surface area contributed by atoms with Gasteiger partial charge in [-0.05, 0) is 83.1 Å². The van der Waals surface area contributed by atoms with E-state index in [1.165, 1.54) is 38.1 Å². The maximum atomic E-state index is 12.6. The van der Waals surface area contributed by atoms with Gasteiger partial charge in [-0.2, -0.15) is 0 Å². The molecular formula is C41H59NO3P+. The molecule has 0 saturated carbocycles. The van der Waals surface area contributed by atoms with Crippen molar-refractivity contribution in [2.45, 2.75) is 67.2 Å². The lowest BCUT2D eigenvalue weighted by Crippen LogP contribution is -2.25. The summed E-state index contributed by atoms with van der Waals surface area (Å²) in [7, 11) is 2.41. The molecule has 4 N–H and O–H groups in total. The number of hydrogen-bond acceptors (Lipinski definition) is 2. The third-order valence-corrected chi connectivity index (χ3v) is 7.65. The van der Waals surface area contributed by atoms with Gasteiger partial charge < -0.3 is 15.5 Å². The quantitative estimate of drug-likeness (QED) is 0.142. The van der Waals surface area contributed by atoms with Crippen LogP contribution in [0.3, 0.4) is 0 Å². The zero-order valence-corrected chi connectivity index (χ0v) is 30.5. The van der Waals surface area contributed by atoms with Crippen molar-refractivity contribution in [3.05, 3.63) is 135 Å². The number of rotatable bonds is 9. The van der Waals surface area contributed by atoms with E-state index in [-0.39, 0.29) is 11.7 Å². The Morgan fingerprint density at radius 2 is 1.22 bits per heavy atom. The smallest absolute Gasteiger partial charge is 0.251 e. The molecule has 250 valence electrons. The standard InChI is InChI=1S/C30H27NO2.C4H11P.C4H10.C2H6.CH4O/c1-21-3-9-24(10-4-21)29(25-11-5-22(2)6-12-25)26-13-15-27(16-14-26)30(33)31-20-19-23-7-17-28(32)18-8-23;1-3-4-5-2;1-3-4-2;2*1-2/h3-18,32H,1,19-20H2,2H3,(H,31,33);5H,3-4H2,1-2H3;3-4H2,1-2H3;1-2H3;2H,1H3/p+1. The number of carbonyl (C=O) groups is 1. The minimum atomic E-state index is -0.0985. The molecule has 4 rings (SSSR count). The monoisotopic (exact) mass is 644 g/mol. The van der Waals surface area contributed by atoms with E-state index in [1.807, 2.05) is 62.4 Å². The molecule has 4 aromatic carbocycles. The second kappa shape index (κ2) is 26.5. The van der Waals surface area contributed by atoms with E-state index < -0.39 is 0 Å². The van der Waals surface area contributed by atoms with Gasteiger partial charge in [0.1, 0.15) is 12.9 Å². The van der Waals surface area contributed by atoms with Gasteiger partial charge in [-0.15, -0.1) is 8.58 Å². The number of carbonyl (C=O) groups excluding carboxylic acids is 1. The van der Waals surface area contributed by atoms with Crippen molar-refractivity contribution in [3.8, 4) is 5.75 Å². The number of unbranched alkanes of at least 4 members (excludes halogenated alkanes) is 1. The lowest BCUT2D eigenvalue weighted by atomic mass is 9.94. The molecule has 4 nitrogen and oxygen atoms in total. The molecule has 4 aromatic rings. The number of amides is 1. The maximum absolute atomic E-state index is 12.6. The summed E-state index contributed by atoms with van der Waals surface area (Å²) in [6, 6.07) is 31.5. The fourth-order valence-corrected chi connectivity index (χ4v) is 4.51. The number of aryl methyl sites for hydroxylation is 1. The molecule has 0 radical (unpaired) electrons. The van der Waals surface area contributed by atoms with Gasteiger partial charge in [0.2, 0.25) is 0 Å². The predicted molar refractivity (Wildman–Crippen MR) is 205 cm³/mol. The van der Waals surface area contributed by atoms with E-state index >= 15 is 0 Å². The van der Waals surface area contributed by atoms with Gasteiger partial charge in [0, 0.05) is 12.1 Å². The largest absolute Gasteiger partial charge is 0.508 e. The highest BCUT2D eigenvalue weighted by molar-refractivity contribution is 7.36. The molecule has 0 aromatic heterocycles. The van der Waals surface area contributed by atoms with Crippen molar-refractivity contribution in [3.63, 3.8) is 0 Å². The zero-order valence-electron chi connectivity index (χ0n) is 29.5. The SMILES string of the molecule is C=c1ccc(=C(c2ccc(C)cc2)c2ccc(C(=O)NCCc3ccc(O)cc3)cc2)cc1.CC.CCCC.CCCPC.C[OH2+]. The van der Waals surface area contributed by atoms with Crippen LogP contribution in [0.4, 0.5) is 0 Å². The maximum Gasteiger partial charge on any atom is 0.251 e. The van der Waals surface area contributed by atoms with Gasteiger partial charge in [-0.1, -0.05) is 139 Å². The first-order valence-electron chi connectivity index (χ1n) is 16.5. The Kier molecular flexibility index (Phi) is 24.4. The van der Waals surface area contributed by atoms with Crippen LogP contribution in [0, 0.1) is 6.92 Å². The second-order valence-electron chi connectivity index (χ2n) is 10.3. The van der Waals surface area contributed by atoms with Crippen LogP contribution >= 0.6 is 8.58 Å². The number of phenols is 1. The van der Waals surface area contributed by atoms with Gasteiger partial charge in [-0.25, -0.2) is 0 Å². The molecule has 0 aliphatic carbocycles. The van der Waals surface area contributed by atoms with E-state index in [0.717, 1.165) is 41.3 Å². The Balaban J connectivity index is 0.00000134. The van der Waals surface area contributed by atoms with Gasteiger partial charge in [-0.3, -0.25) is 4.79 Å². The van der Waals surface area contributed by atoms with Gasteiger partial charge in [0.15, 0.2) is 0 Å². The number of phenolic OH excluding ortho intramolecular Hbond substituents is 1. The summed E-state index contributed by atoms with van der Waals surface area (Å²) in [4.78, 5) is 12.6. The molecule has 0 fully saturated rings. The second-order valence-corrected chi connectivity index (χ2v) is 11.5. The van der Waals surface area contributed by atoms with Crippen LogP contribution in [-0.2, 0) is 6.42 Å². The van der Waals surface area contributed by atoms with Crippen LogP contribution < -0.4 is 15.8 Å². The number of hydrogen-bond donors (Lipinski definition) is 2. The van der Waals surface area contributed by atoms with Crippen LogP contribution in [0.1, 0.15) is 86.5 Å². The van der Waals surface area contributed by atoms with Crippen LogP contribution in [0.2, 0.25) is 0 Å². The third-order valence-electron chi connectivity index (χ3n) is 6.65. The molecule has 0 heterocycles. The Hall–Kier alpha value is -3.72. The molecule has 1 unspecified atom stereocenters. The van der Waals surface area contributed by atoms with E-state index in [0.29, 0.717) is 18.5 Å². The first-order chi connectivity index (χ1) is 22.3. The van der Waals surface area contributed by atoms with E-state index in [2.05, 4.69) is 82.7 Å². The molecule has 0 spiro atoms. The van der Waals surface area contributed by atoms with Gasteiger partial charge in [0.25, 0.3) is 5.91 Å². The minimum absolute atomic E-state index is 0.0985. The molecule has 0 aliphatic heterocycles. The average Bonchev–Trinajstić information content (AvgIpc) is 3.10. The van der Waals surface area contributed by atoms with Crippen molar-refractivity contribution in [1.82, 2.24) is 5.32 Å². The fraction of sp³-hybridized carbons (Fsp3) is 0.341. The Bertz CT molecular complexity index is 1420. The molecule has 0 saturated heterocycles. The molecule has 0 bridgehead atoms. The molecule has 46 heavy (non-hydrogen) atoms. The molecular weight excluding hydrogens is 585 g/mol. The lowest BCUT2D eigenvalue weighted by Gasteiger charge is -2.11. The topological polar surface area (TPSA) is 72.2 Å². The average molecular weight is 645 g/mol. The van der Waals surface area contributed by atoms with Crippen LogP contribution in [0.15, 0.2) is 97.1 Å². The van der Waals surface area contributed by atoms with Crippen LogP contribution in [-0.4, -0.2) is 42.6 Å². The molecule has 1 atom stereocenters. The molecule has 5 heteroatoms. The lowest BCUT2D eigenvalue weighted by molar-refractivity contribution is 0.0954. The molecule has 1 amide bonds.